The Hall–Kier alpha value is -6.36. The van der Waals surface area contributed by atoms with Crippen LogP contribution in [-0.2, 0) is 0 Å². The number of thiophene rings is 1. The Kier molecular flexibility index (Phi) is 6.68. The van der Waals surface area contributed by atoms with Crippen LogP contribution in [0.3, 0.4) is 0 Å². The number of aromatic nitrogens is 3. The summed E-state index contributed by atoms with van der Waals surface area (Å²) in [5.41, 5.74) is 12.4. The molecule has 0 fully saturated rings. The van der Waals surface area contributed by atoms with Crippen molar-refractivity contribution in [2.24, 2.45) is 0 Å². The number of hydrogen-bond donors (Lipinski definition) is 0. The number of pyridine rings is 2. The van der Waals surface area contributed by atoms with E-state index >= 15 is 0 Å². The highest BCUT2D eigenvalue weighted by atomic mass is 32.1. The van der Waals surface area contributed by atoms with Gasteiger partial charge in [0.1, 0.15) is 0 Å². The van der Waals surface area contributed by atoms with E-state index in [1.54, 1.807) is 0 Å². The van der Waals surface area contributed by atoms with Gasteiger partial charge < -0.3 is 4.57 Å². The molecule has 0 saturated carbocycles. The molecule has 3 nitrogen and oxygen atoms in total. The fourth-order valence-corrected chi connectivity index (χ4v) is 8.69. The topological polar surface area (TPSA) is 30.7 Å². The second-order valence-corrected chi connectivity index (χ2v) is 13.6. The van der Waals surface area contributed by atoms with E-state index in [1.807, 2.05) is 35.9 Å². The van der Waals surface area contributed by atoms with E-state index in [-0.39, 0.29) is 0 Å². The summed E-state index contributed by atoms with van der Waals surface area (Å²) in [6.45, 7) is 0. The maximum Gasteiger partial charge on any atom is 0.0708 e. The van der Waals surface area contributed by atoms with Gasteiger partial charge in [0.15, 0.2) is 0 Å². The monoisotopic (exact) mass is 655 g/mol. The lowest BCUT2D eigenvalue weighted by molar-refractivity contribution is 1.20. The third-order valence-corrected chi connectivity index (χ3v) is 11.0. The van der Waals surface area contributed by atoms with Crippen LogP contribution in [0.2, 0.25) is 0 Å². The molecule has 0 aliphatic heterocycles. The van der Waals surface area contributed by atoms with Crippen molar-refractivity contribution in [3.8, 4) is 50.5 Å². The molecular formula is C46H29N3S. The van der Waals surface area contributed by atoms with E-state index in [2.05, 4.69) is 156 Å². The summed E-state index contributed by atoms with van der Waals surface area (Å²) in [4.78, 5) is 9.42. The average molecular weight is 656 g/mol. The van der Waals surface area contributed by atoms with Gasteiger partial charge in [-0.3, -0.25) is 9.97 Å². The maximum atomic E-state index is 4.71. The third kappa shape index (κ3) is 4.57. The molecule has 0 amide bonds. The fourth-order valence-electron chi connectivity index (χ4n) is 7.49. The van der Waals surface area contributed by atoms with E-state index in [1.165, 1.54) is 47.7 Å². The van der Waals surface area contributed by atoms with Crippen molar-refractivity contribution in [2.45, 2.75) is 0 Å². The summed E-state index contributed by atoms with van der Waals surface area (Å²) in [6, 6.07) is 58.7. The summed E-state index contributed by atoms with van der Waals surface area (Å²) in [6.07, 6.45) is 3.73. The third-order valence-electron chi connectivity index (χ3n) is 9.75. The second-order valence-electron chi connectivity index (χ2n) is 12.6. The average Bonchev–Trinajstić information content (AvgIpc) is 3.74. The fraction of sp³-hybridized carbons (Fsp3) is 0. The number of rotatable bonds is 5. The Morgan fingerprint density at radius 3 is 1.50 bits per heavy atom. The summed E-state index contributed by atoms with van der Waals surface area (Å²) < 4.78 is 5.06. The Morgan fingerprint density at radius 2 is 0.920 bits per heavy atom. The molecule has 0 unspecified atom stereocenters. The molecule has 0 N–H and O–H groups in total. The molecular weight excluding hydrogens is 627 g/mol. The van der Waals surface area contributed by atoms with Crippen molar-refractivity contribution >= 4 is 53.3 Å². The predicted octanol–water partition coefficient (Wildman–Crippen LogP) is 12.6. The highest BCUT2D eigenvalue weighted by molar-refractivity contribution is 7.26. The summed E-state index contributed by atoms with van der Waals surface area (Å²) >= 11 is 1.87. The van der Waals surface area contributed by atoms with Gasteiger partial charge in [0, 0.05) is 49.8 Å². The van der Waals surface area contributed by atoms with Crippen molar-refractivity contribution in [3.05, 3.63) is 176 Å². The van der Waals surface area contributed by atoms with E-state index in [4.69, 9.17) is 9.97 Å². The standard InChI is InChI=1S/C46H29N3S/c1-3-14-34(40-18-7-9-26-47-40)32(12-1)30-22-24-42-38(28-30)39-29-31(33-13-2-4-15-35(33)41-19-8-10-27-48-41)23-25-43(39)49(42)44-20-11-17-37-36-16-5-6-21-45(36)50-46(37)44/h1-29H. The number of hydrogen-bond acceptors (Lipinski definition) is 3. The van der Waals surface area contributed by atoms with Crippen LogP contribution in [-0.4, -0.2) is 14.5 Å². The molecule has 6 aromatic carbocycles. The van der Waals surface area contributed by atoms with E-state index in [0.29, 0.717) is 0 Å². The number of benzene rings is 6. The first-order chi connectivity index (χ1) is 24.8. The van der Waals surface area contributed by atoms with Crippen LogP contribution in [0, 0.1) is 0 Å². The highest BCUT2D eigenvalue weighted by Gasteiger charge is 2.19. The van der Waals surface area contributed by atoms with Crippen LogP contribution < -0.4 is 0 Å². The van der Waals surface area contributed by atoms with E-state index in [0.717, 1.165) is 44.8 Å². The smallest absolute Gasteiger partial charge is 0.0708 e. The van der Waals surface area contributed by atoms with Crippen LogP contribution in [0.15, 0.2) is 176 Å². The molecule has 234 valence electrons. The summed E-state index contributed by atoms with van der Waals surface area (Å²) in [5.74, 6) is 0. The molecule has 4 aromatic heterocycles. The van der Waals surface area contributed by atoms with Crippen molar-refractivity contribution in [3.63, 3.8) is 0 Å². The largest absolute Gasteiger partial charge is 0.308 e. The summed E-state index contributed by atoms with van der Waals surface area (Å²) in [5, 5.41) is 5.02. The van der Waals surface area contributed by atoms with Crippen LogP contribution in [0.4, 0.5) is 0 Å². The highest BCUT2D eigenvalue weighted by Crippen LogP contribution is 2.43. The minimum absolute atomic E-state index is 0.968. The Labute approximate surface area is 293 Å². The van der Waals surface area contributed by atoms with Gasteiger partial charge in [0.2, 0.25) is 0 Å². The Bertz CT molecular complexity index is 2730. The molecule has 50 heavy (non-hydrogen) atoms. The molecule has 10 rings (SSSR count). The lowest BCUT2D eigenvalue weighted by atomic mass is 9.94. The van der Waals surface area contributed by atoms with Crippen molar-refractivity contribution in [1.29, 1.82) is 0 Å². The normalized spacial score (nSPS) is 11.6. The molecule has 0 bridgehead atoms. The van der Waals surface area contributed by atoms with E-state index in [9.17, 15) is 0 Å². The van der Waals surface area contributed by atoms with Crippen LogP contribution in [0.5, 0.6) is 0 Å². The van der Waals surface area contributed by atoms with Gasteiger partial charge in [-0.15, -0.1) is 11.3 Å². The first kappa shape index (κ1) is 28.6. The quantitative estimate of drug-likeness (QED) is 0.185. The van der Waals surface area contributed by atoms with Gasteiger partial charge in [0.05, 0.1) is 32.8 Å². The Balaban J connectivity index is 1.26. The first-order valence-electron chi connectivity index (χ1n) is 16.8. The first-order valence-corrected chi connectivity index (χ1v) is 17.6. The molecule has 10 aromatic rings. The molecule has 0 aliphatic rings. The minimum atomic E-state index is 0.968. The lowest BCUT2D eigenvalue weighted by Gasteiger charge is -2.12. The molecule has 4 heteroatoms. The van der Waals surface area contributed by atoms with Gasteiger partial charge in [-0.05, 0) is 82.9 Å². The van der Waals surface area contributed by atoms with Crippen molar-refractivity contribution in [1.82, 2.24) is 14.5 Å². The van der Waals surface area contributed by atoms with Gasteiger partial charge in [-0.25, -0.2) is 0 Å². The zero-order valence-corrected chi connectivity index (χ0v) is 27.8. The van der Waals surface area contributed by atoms with Gasteiger partial charge in [-0.1, -0.05) is 103 Å². The SMILES string of the molecule is c1ccc(-c2ccccc2-c2ccc3c(c2)c2cc(-c4ccccc4-c4ccccn4)ccc2n3-c2cccc3c2sc2ccccc23)nc1. The Morgan fingerprint density at radius 1 is 0.400 bits per heavy atom. The molecule has 0 saturated heterocycles. The summed E-state index contributed by atoms with van der Waals surface area (Å²) in [7, 11) is 0. The second kappa shape index (κ2) is 11.7. The molecule has 0 aliphatic carbocycles. The minimum Gasteiger partial charge on any atom is -0.308 e. The molecule has 4 heterocycles. The maximum absolute atomic E-state index is 4.71. The van der Waals surface area contributed by atoms with Gasteiger partial charge >= 0.3 is 0 Å². The zero-order valence-electron chi connectivity index (χ0n) is 27.0. The number of nitrogens with zero attached hydrogens (tertiary/aromatic N) is 3. The number of fused-ring (bicyclic) bond motifs is 6. The van der Waals surface area contributed by atoms with E-state index < -0.39 is 0 Å². The van der Waals surface area contributed by atoms with Gasteiger partial charge in [-0.2, -0.15) is 0 Å². The zero-order chi connectivity index (χ0) is 33.0. The molecule has 0 atom stereocenters. The molecule has 0 spiro atoms. The lowest BCUT2D eigenvalue weighted by Crippen LogP contribution is -1.94. The van der Waals surface area contributed by atoms with Crippen molar-refractivity contribution in [2.75, 3.05) is 0 Å². The van der Waals surface area contributed by atoms with Crippen LogP contribution in [0.25, 0.3) is 92.4 Å². The van der Waals surface area contributed by atoms with Crippen molar-refractivity contribution < 1.29 is 0 Å². The van der Waals surface area contributed by atoms with Crippen LogP contribution in [0.1, 0.15) is 0 Å². The van der Waals surface area contributed by atoms with Crippen LogP contribution >= 0.6 is 11.3 Å². The molecule has 0 radical (unpaired) electrons. The predicted molar refractivity (Wildman–Crippen MR) is 211 cm³/mol. The van der Waals surface area contributed by atoms with Gasteiger partial charge in [0.25, 0.3) is 0 Å².